The first-order chi connectivity index (χ1) is 6.70. The molecule has 2 atom stereocenters. The van der Waals surface area contributed by atoms with Crippen LogP contribution >= 0.6 is 0 Å². The summed E-state index contributed by atoms with van der Waals surface area (Å²) in [6.07, 6.45) is 3.54. The second kappa shape index (κ2) is 3.71. The molecule has 0 aliphatic carbocycles. The summed E-state index contributed by atoms with van der Waals surface area (Å²) in [6.45, 7) is 2.96. The van der Waals surface area contributed by atoms with Crippen molar-refractivity contribution >= 4 is 0 Å². The van der Waals surface area contributed by atoms with E-state index in [1.54, 1.807) is 6.20 Å². The van der Waals surface area contributed by atoms with Gasteiger partial charge in [0, 0.05) is 13.1 Å². The number of aliphatic hydroxyl groups is 1. The van der Waals surface area contributed by atoms with Gasteiger partial charge in [-0.3, -0.25) is 0 Å². The van der Waals surface area contributed by atoms with E-state index in [-0.39, 0.29) is 6.04 Å². The molecule has 4 heteroatoms. The lowest BCUT2D eigenvalue weighted by molar-refractivity contribution is 0.130. The Morgan fingerprint density at radius 2 is 2.50 bits per heavy atom. The van der Waals surface area contributed by atoms with Gasteiger partial charge < -0.3 is 15.0 Å². The van der Waals surface area contributed by atoms with E-state index in [1.165, 1.54) is 0 Å². The molecule has 1 aromatic rings. The van der Waals surface area contributed by atoms with E-state index in [4.69, 9.17) is 0 Å². The van der Waals surface area contributed by atoms with Crippen molar-refractivity contribution in [3.05, 3.63) is 17.7 Å². The van der Waals surface area contributed by atoms with Crippen LogP contribution in [0.2, 0.25) is 0 Å². The summed E-state index contributed by atoms with van der Waals surface area (Å²) < 4.78 is 1.95. The van der Waals surface area contributed by atoms with Gasteiger partial charge in [0.25, 0.3) is 0 Å². The van der Waals surface area contributed by atoms with Crippen molar-refractivity contribution in [2.75, 3.05) is 6.54 Å². The van der Waals surface area contributed by atoms with E-state index in [9.17, 15) is 5.11 Å². The van der Waals surface area contributed by atoms with Crippen molar-refractivity contribution < 1.29 is 5.11 Å². The summed E-state index contributed by atoms with van der Waals surface area (Å²) in [4.78, 5) is 4.18. The van der Waals surface area contributed by atoms with Crippen molar-refractivity contribution in [2.45, 2.75) is 31.9 Å². The Hall–Kier alpha value is -0.870. The van der Waals surface area contributed by atoms with Gasteiger partial charge in [-0.15, -0.1) is 0 Å². The van der Waals surface area contributed by atoms with Crippen LogP contribution in [0.4, 0.5) is 0 Å². The molecule has 2 rings (SSSR count). The standard InChI is InChI=1S/C10H17N3O/c1-7-12-6-9(13(7)2)10(14)8-4-3-5-11-8/h6,8,10-11,14H,3-5H2,1-2H3/t8-,10?/m1/s1. The molecule has 2 N–H and O–H groups in total. The van der Waals surface area contributed by atoms with Gasteiger partial charge >= 0.3 is 0 Å². The van der Waals surface area contributed by atoms with Crippen LogP contribution in [0, 0.1) is 6.92 Å². The highest BCUT2D eigenvalue weighted by Gasteiger charge is 2.26. The van der Waals surface area contributed by atoms with Crippen LogP contribution in [-0.4, -0.2) is 27.2 Å². The summed E-state index contributed by atoms with van der Waals surface area (Å²) in [7, 11) is 1.94. The highest BCUT2D eigenvalue weighted by atomic mass is 16.3. The molecule has 78 valence electrons. The molecule has 0 radical (unpaired) electrons. The molecule has 1 saturated heterocycles. The zero-order valence-corrected chi connectivity index (χ0v) is 8.70. The molecule has 2 heterocycles. The minimum atomic E-state index is -0.427. The maximum absolute atomic E-state index is 10.1. The molecule has 1 aromatic heterocycles. The molecule has 1 aliphatic heterocycles. The second-order valence-corrected chi connectivity index (χ2v) is 3.94. The van der Waals surface area contributed by atoms with Crippen molar-refractivity contribution in [3.63, 3.8) is 0 Å². The number of aliphatic hydroxyl groups excluding tert-OH is 1. The van der Waals surface area contributed by atoms with Gasteiger partial charge in [0.05, 0.1) is 11.9 Å². The van der Waals surface area contributed by atoms with E-state index in [0.717, 1.165) is 30.9 Å². The number of nitrogens with one attached hydrogen (secondary N) is 1. The zero-order chi connectivity index (χ0) is 10.1. The molecule has 1 aliphatic rings. The predicted octanol–water partition coefficient (Wildman–Crippen LogP) is 0.514. The van der Waals surface area contributed by atoms with Crippen LogP contribution < -0.4 is 5.32 Å². The summed E-state index contributed by atoms with van der Waals surface area (Å²) in [5, 5.41) is 13.4. The largest absolute Gasteiger partial charge is 0.385 e. The molecule has 4 nitrogen and oxygen atoms in total. The fourth-order valence-corrected chi connectivity index (χ4v) is 1.98. The molecule has 14 heavy (non-hydrogen) atoms. The van der Waals surface area contributed by atoms with Crippen molar-refractivity contribution in [2.24, 2.45) is 7.05 Å². The Morgan fingerprint density at radius 3 is 3.00 bits per heavy atom. The van der Waals surface area contributed by atoms with Crippen LogP contribution in [0.3, 0.4) is 0 Å². The summed E-state index contributed by atoms with van der Waals surface area (Å²) >= 11 is 0. The lowest BCUT2D eigenvalue weighted by Gasteiger charge is -2.18. The van der Waals surface area contributed by atoms with Gasteiger partial charge in [0.2, 0.25) is 0 Å². The van der Waals surface area contributed by atoms with E-state index >= 15 is 0 Å². The smallest absolute Gasteiger partial charge is 0.111 e. The fraction of sp³-hybridized carbons (Fsp3) is 0.700. The van der Waals surface area contributed by atoms with Crippen LogP contribution in [-0.2, 0) is 7.05 Å². The first kappa shape index (κ1) is 9.68. The molecule has 1 fully saturated rings. The molecule has 1 unspecified atom stereocenters. The third-order valence-electron chi connectivity index (χ3n) is 3.04. The minimum absolute atomic E-state index is 0.199. The van der Waals surface area contributed by atoms with Crippen molar-refractivity contribution in [1.82, 2.24) is 14.9 Å². The van der Waals surface area contributed by atoms with E-state index in [0.29, 0.717) is 0 Å². The Kier molecular flexibility index (Phi) is 2.56. The van der Waals surface area contributed by atoms with Gasteiger partial charge in [0.1, 0.15) is 11.9 Å². The Bertz CT molecular complexity index is 315. The van der Waals surface area contributed by atoms with Gasteiger partial charge in [0.15, 0.2) is 0 Å². The SMILES string of the molecule is Cc1ncc(C(O)[C@H]2CCCN2)n1C. The van der Waals surface area contributed by atoms with Crippen LogP contribution in [0.15, 0.2) is 6.20 Å². The molecule has 0 spiro atoms. The Morgan fingerprint density at radius 1 is 1.71 bits per heavy atom. The average molecular weight is 195 g/mol. The summed E-state index contributed by atoms with van der Waals surface area (Å²) in [6, 6.07) is 0.199. The molecule has 0 bridgehead atoms. The number of rotatable bonds is 2. The maximum Gasteiger partial charge on any atom is 0.111 e. The topological polar surface area (TPSA) is 50.1 Å². The quantitative estimate of drug-likeness (QED) is 0.723. The van der Waals surface area contributed by atoms with E-state index in [1.807, 2.05) is 18.5 Å². The molecule has 0 aromatic carbocycles. The fourth-order valence-electron chi connectivity index (χ4n) is 1.98. The first-order valence-corrected chi connectivity index (χ1v) is 5.10. The van der Waals surface area contributed by atoms with Crippen LogP contribution in [0.25, 0.3) is 0 Å². The van der Waals surface area contributed by atoms with Crippen LogP contribution in [0.1, 0.15) is 30.5 Å². The van der Waals surface area contributed by atoms with E-state index < -0.39 is 6.10 Å². The number of aromatic nitrogens is 2. The maximum atomic E-state index is 10.1. The summed E-state index contributed by atoms with van der Waals surface area (Å²) in [5.41, 5.74) is 0.905. The number of nitrogens with zero attached hydrogens (tertiary/aromatic N) is 2. The predicted molar refractivity (Wildman–Crippen MR) is 53.9 cm³/mol. The minimum Gasteiger partial charge on any atom is -0.385 e. The Labute approximate surface area is 84.0 Å². The first-order valence-electron chi connectivity index (χ1n) is 5.10. The Balaban J connectivity index is 2.17. The number of hydrogen-bond donors (Lipinski definition) is 2. The normalized spacial score (nSPS) is 24.1. The second-order valence-electron chi connectivity index (χ2n) is 3.94. The number of hydrogen-bond acceptors (Lipinski definition) is 3. The third-order valence-corrected chi connectivity index (χ3v) is 3.04. The van der Waals surface area contributed by atoms with Gasteiger partial charge in [-0.1, -0.05) is 0 Å². The average Bonchev–Trinajstić information content (AvgIpc) is 2.77. The van der Waals surface area contributed by atoms with Gasteiger partial charge in [-0.25, -0.2) is 4.98 Å². The lowest BCUT2D eigenvalue weighted by atomic mass is 10.1. The summed E-state index contributed by atoms with van der Waals surface area (Å²) in [5.74, 6) is 0.942. The molecular weight excluding hydrogens is 178 g/mol. The molecule has 0 saturated carbocycles. The van der Waals surface area contributed by atoms with Gasteiger partial charge in [-0.05, 0) is 26.3 Å². The van der Waals surface area contributed by atoms with Crippen LogP contribution in [0.5, 0.6) is 0 Å². The van der Waals surface area contributed by atoms with Gasteiger partial charge in [-0.2, -0.15) is 0 Å². The van der Waals surface area contributed by atoms with Crippen molar-refractivity contribution in [3.8, 4) is 0 Å². The third kappa shape index (κ3) is 1.55. The van der Waals surface area contributed by atoms with Crippen molar-refractivity contribution in [1.29, 1.82) is 0 Å². The lowest BCUT2D eigenvalue weighted by Crippen LogP contribution is -2.29. The monoisotopic (exact) mass is 195 g/mol. The zero-order valence-electron chi connectivity index (χ0n) is 8.70. The number of imidazole rings is 1. The molecule has 0 amide bonds. The van der Waals surface area contributed by atoms with E-state index in [2.05, 4.69) is 10.3 Å². The number of aryl methyl sites for hydroxylation is 1. The highest BCUT2D eigenvalue weighted by Crippen LogP contribution is 2.22. The molecular formula is C10H17N3O. The highest BCUT2D eigenvalue weighted by molar-refractivity contribution is 5.10.